The quantitative estimate of drug-likeness (QED) is 0.873. The van der Waals surface area contributed by atoms with Crippen LogP contribution in [-0.2, 0) is 5.54 Å². The number of aromatic nitrogens is 1. The van der Waals surface area contributed by atoms with E-state index in [4.69, 9.17) is 0 Å². The summed E-state index contributed by atoms with van der Waals surface area (Å²) in [4.78, 5) is 7.08. The summed E-state index contributed by atoms with van der Waals surface area (Å²) >= 11 is 1.80. The minimum absolute atomic E-state index is 0.149. The molecule has 96 valence electrons. The highest BCUT2D eigenvalue weighted by atomic mass is 32.1. The molecule has 0 unspecified atom stereocenters. The molecule has 3 nitrogen and oxygen atoms in total. The van der Waals surface area contributed by atoms with Gasteiger partial charge in [-0.05, 0) is 32.4 Å². The lowest BCUT2D eigenvalue weighted by Crippen LogP contribution is -2.51. The molecule has 0 saturated carbocycles. The van der Waals surface area contributed by atoms with Crippen LogP contribution in [0.25, 0.3) is 0 Å². The van der Waals surface area contributed by atoms with Gasteiger partial charge in [0.2, 0.25) is 0 Å². The van der Waals surface area contributed by atoms with Crippen LogP contribution in [0, 0.1) is 0 Å². The summed E-state index contributed by atoms with van der Waals surface area (Å²) in [5, 5.41) is 7.13. The zero-order valence-corrected chi connectivity index (χ0v) is 11.7. The van der Waals surface area contributed by atoms with Gasteiger partial charge in [0.1, 0.15) is 5.01 Å². The van der Waals surface area contributed by atoms with E-state index in [-0.39, 0.29) is 5.54 Å². The van der Waals surface area contributed by atoms with Crippen molar-refractivity contribution in [2.45, 2.75) is 38.6 Å². The molecule has 1 N–H and O–H groups in total. The minimum atomic E-state index is 0.149. The van der Waals surface area contributed by atoms with Crippen LogP contribution >= 0.6 is 11.3 Å². The van der Waals surface area contributed by atoms with Crippen molar-refractivity contribution in [3.8, 4) is 0 Å². The lowest BCUT2D eigenvalue weighted by molar-refractivity contribution is 0.139. The third-order valence-corrected chi connectivity index (χ3v) is 4.69. The molecule has 1 aliphatic heterocycles. The van der Waals surface area contributed by atoms with Gasteiger partial charge in [-0.2, -0.15) is 0 Å². The fourth-order valence-electron chi connectivity index (χ4n) is 2.54. The van der Waals surface area contributed by atoms with Crippen molar-refractivity contribution < 1.29 is 0 Å². The molecule has 1 aromatic heterocycles. The predicted octanol–water partition coefficient (Wildman–Crippen LogP) is 2.45. The second-order valence-corrected chi connectivity index (χ2v) is 5.67. The first-order valence-corrected chi connectivity index (χ1v) is 7.56. The van der Waals surface area contributed by atoms with Gasteiger partial charge in [0.05, 0.1) is 5.54 Å². The van der Waals surface area contributed by atoms with Gasteiger partial charge in [0, 0.05) is 24.7 Å². The number of rotatable bonds is 5. The van der Waals surface area contributed by atoms with Crippen LogP contribution in [0.1, 0.15) is 38.1 Å². The molecule has 0 spiro atoms. The van der Waals surface area contributed by atoms with Crippen molar-refractivity contribution in [3.05, 3.63) is 16.6 Å². The van der Waals surface area contributed by atoms with Crippen LogP contribution in [0.2, 0.25) is 0 Å². The Morgan fingerprint density at radius 1 is 1.41 bits per heavy atom. The summed E-state index contributed by atoms with van der Waals surface area (Å²) in [6, 6.07) is 0. The molecule has 2 heterocycles. The van der Waals surface area contributed by atoms with Gasteiger partial charge in [-0.1, -0.05) is 13.8 Å². The summed E-state index contributed by atoms with van der Waals surface area (Å²) in [5.74, 6) is 0. The molecular weight excluding hydrogens is 230 g/mol. The zero-order valence-electron chi connectivity index (χ0n) is 10.9. The molecule has 1 fully saturated rings. The lowest BCUT2D eigenvalue weighted by Gasteiger charge is -2.41. The Hall–Kier alpha value is -0.450. The van der Waals surface area contributed by atoms with Crippen molar-refractivity contribution in [1.82, 2.24) is 15.2 Å². The van der Waals surface area contributed by atoms with Crippen molar-refractivity contribution in [2.75, 3.05) is 26.2 Å². The molecular formula is C13H23N3S. The summed E-state index contributed by atoms with van der Waals surface area (Å²) in [5.41, 5.74) is 0.149. The van der Waals surface area contributed by atoms with Gasteiger partial charge < -0.3 is 10.2 Å². The van der Waals surface area contributed by atoms with Crippen LogP contribution in [0.3, 0.4) is 0 Å². The van der Waals surface area contributed by atoms with Crippen LogP contribution in [0.5, 0.6) is 0 Å². The van der Waals surface area contributed by atoms with Crippen molar-refractivity contribution >= 4 is 11.3 Å². The van der Waals surface area contributed by atoms with E-state index < -0.39 is 0 Å². The summed E-state index contributed by atoms with van der Waals surface area (Å²) in [6.45, 7) is 9.10. The molecule has 4 heteroatoms. The van der Waals surface area contributed by atoms with Crippen molar-refractivity contribution in [2.24, 2.45) is 0 Å². The average molecular weight is 253 g/mol. The fraction of sp³-hybridized carbons (Fsp3) is 0.769. The molecule has 1 aliphatic rings. The molecule has 0 aromatic carbocycles. The van der Waals surface area contributed by atoms with Crippen molar-refractivity contribution in [3.63, 3.8) is 0 Å². The molecule has 0 amide bonds. The number of hydrogen-bond donors (Lipinski definition) is 1. The van der Waals surface area contributed by atoms with Gasteiger partial charge in [-0.25, -0.2) is 4.98 Å². The standard InChI is InChI=1S/C13H23N3S/c1-3-7-15-13(12-14-8-11-17-12)5-9-16(4-2)10-6-13/h8,11,15H,3-7,9-10H2,1-2H3. The Morgan fingerprint density at radius 3 is 2.71 bits per heavy atom. The second kappa shape index (κ2) is 5.94. The van der Waals surface area contributed by atoms with Gasteiger partial charge >= 0.3 is 0 Å². The molecule has 1 aromatic rings. The topological polar surface area (TPSA) is 28.2 Å². The van der Waals surface area contributed by atoms with E-state index in [0.717, 1.165) is 6.54 Å². The van der Waals surface area contributed by atoms with Gasteiger partial charge in [0.25, 0.3) is 0 Å². The zero-order chi connectivity index (χ0) is 12.1. The Kier molecular flexibility index (Phi) is 4.54. The molecule has 0 radical (unpaired) electrons. The number of likely N-dealkylation sites (tertiary alicyclic amines) is 1. The Labute approximate surface area is 108 Å². The third kappa shape index (κ3) is 2.87. The third-order valence-electron chi connectivity index (χ3n) is 3.71. The molecule has 0 atom stereocenters. The van der Waals surface area contributed by atoms with Gasteiger partial charge in [-0.3, -0.25) is 0 Å². The highest BCUT2D eigenvalue weighted by molar-refractivity contribution is 7.09. The number of nitrogens with zero attached hydrogens (tertiary/aromatic N) is 2. The Bertz CT molecular complexity index is 315. The molecule has 17 heavy (non-hydrogen) atoms. The van der Waals surface area contributed by atoms with Crippen LogP contribution in [0.15, 0.2) is 11.6 Å². The fourth-order valence-corrected chi connectivity index (χ4v) is 3.42. The summed E-state index contributed by atoms with van der Waals surface area (Å²) in [6.07, 6.45) is 5.49. The second-order valence-electron chi connectivity index (χ2n) is 4.78. The lowest BCUT2D eigenvalue weighted by atomic mass is 9.88. The molecule has 2 rings (SSSR count). The van der Waals surface area contributed by atoms with E-state index in [1.807, 2.05) is 6.20 Å². The predicted molar refractivity (Wildman–Crippen MR) is 73.4 cm³/mol. The minimum Gasteiger partial charge on any atom is -0.305 e. The number of nitrogens with one attached hydrogen (secondary N) is 1. The first-order chi connectivity index (χ1) is 8.30. The van der Waals surface area contributed by atoms with Crippen molar-refractivity contribution in [1.29, 1.82) is 0 Å². The van der Waals surface area contributed by atoms with E-state index in [1.54, 1.807) is 11.3 Å². The van der Waals surface area contributed by atoms with Crippen LogP contribution in [0.4, 0.5) is 0 Å². The number of piperidine rings is 1. The number of hydrogen-bond acceptors (Lipinski definition) is 4. The first-order valence-electron chi connectivity index (χ1n) is 6.68. The van der Waals surface area contributed by atoms with E-state index in [0.29, 0.717) is 0 Å². The first kappa shape index (κ1) is 13.0. The maximum absolute atomic E-state index is 4.55. The summed E-state index contributed by atoms with van der Waals surface area (Å²) < 4.78 is 0. The van der Waals surface area contributed by atoms with Gasteiger partial charge in [-0.15, -0.1) is 11.3 Å². The molecule has 0 bridgehead atoms. The normalized spacial score (nSPS) is 20.6. The Morgan fingerprint density at radius 2 is 2.18 bits per heavy atom. The average Bonchev–Trinajstić information content (AvgIpc) is 2.91. The number of thiazole rings is 1. The summed E-state index contributed by atoms with van der Waals surface area (Å²) in [7, 11) is 0. The Balaban J connectivity index is 2.09. The monoisotopic (exact) mass is 253 g/mol. The van der Waals surface area contributed by atoms with Gasteiger partial charge in [0.15, 0.2) is 0 Å². The van der Waals surface area contributed by atoms with E-state index >= 15 is 0 Å². The highest BCUT2D eigenvalue weighted by Gasteiger charge is 2.37. The van der Waals surface area contributed by atoms with E-state index in [2.05, 4.69) is 34.4 Å². The maximum atomic E-state index is 4.55. The maximum Gasteiger partial charge on any atom is 0.113 e. The van der Waals surface area contributed by atoms with Crippen LogP contribution < -0.4 is 5.32 Å². The van der Waals surface area contributed by atoms with E-state index in [9.17, 15) is 0 Å². The highest BCUT2D eigenvalue weighted by Crippen LogP contribution is 2.34. The van der Waals surface area contributed by atoms with Crippen LogP contribution in [-0.4, -0.2) is 36.1 Å². The SMILES string of the molecule is CCCNC1(c2nccs2)CCN(CC)CC1. The largest absolute Gasteiger partial charge is 0.305 e. The molecule has 1 saturated heterocycles. The molecule has 0 aliphatic carbocycles. The smallest absolute Gasteiger partial charge is 0.113 e. The van der Waals surface area contributed by atoms with E-state index in [1.165, 1.54) is 43.9 Å².